The minimum Gasteiger partial charge on any atom is -0.355 e. The van der Waals surface area contributed by atoms with Crippen molar-refractivity contribution < 1.29 is 22.0 Å². The number of nitrogens with one attached hydrogen (secondary N) is 1. The quantitative estimate of drug-likeness (QED) is 0.772. The molecule has 1 aromatic carbocycles. The Kier molecular flexibility index (Phi) is 3.24. The number of rotatable bonds is 2. The molecule has 0 aliphatic heterocycles. The first-order chi connectivity index (χ1) is 7.27. The summed E-state index contributed by atoms with van der Waals surface area (Å²) in [4.78, 5) is 10.2. The van der Waals surface area contributed by atoms with Crippen molar-refractivity contribution in [1.29, 1.82) is 0 Å². The van der Waals surface area contributed by atoms with E-state index in [1.165, 1.54) is 7.05 Å². The predicted molar refractivity (Wildman–Crippen MR) is 51.1 cm³/mol. The molecule has 0 saturated heterocycles. The molecule has 0 aliphatic carbocycles. The second kappa shape index (κ2) is 4.14. The van der Waals surface area contributed by atoms with Gasteiger partial charge in [0.25, 0.3) is 5.91 Å². The van der Waals surface area contributed by atoms with E-state index >= 15 is 0 Å². The van der Waals surface area contributed by atoms with E-state index in [-0.39, 0.29) is 0 Å². The lowest BCUT2D eigenvalue weighted by atomic mass is 10.2. The number of amides is 1. The molecule has 0 spiro atoms. The Bertz CT molecular complexity index is 542. The van der Waals surface area contributed by atoms with Crippen LogP contribution in [0.3, 0.4) is 0 Å². The molecule has 8 heteroatoms. The van der Waals surface area contributed by atoms with Gasteiger partial charge >= 0.3 is 0 Å². The van der Waals surface area contributed by atoms with Gasteiger partial charge < -0.3 is 5.32 Å². The van der Waals surface area contributed by atoms with E-state index in [0.717, 1.165) is 0 Å². The van der Waals surface area contributed by atoms with Crippen LogP contribution in [0, 0.1) is 11.6 Å². The Balaban J connectivity index is 3.51. The van der Waals surface area contributed by atoms with Crippen LogP contribution in [0.25, 0.3) is 0 Å². The van der Waals surface area contributed by atoms with Gasteiger partial charge in [-0.05, 0) is 6.07 Å². The van der Waals surface area contributed by atoms with Gasteiger partial charge in [-0.15, -0.1) is 0 Å². The van der Waals surface area contributed by atoms with Crippen LogP contribution in [-0.2, 0) is 10.0 Å². The third-order valence-corrected chi connectivity index (χ3v) is 2.73. The van der Waals surface area contributed by atoms with Crippen LogP contribution >= 0.6 is 0 Å². The number of primary sulfonamides is 1. The summed E-state index contributed by atoms with van der Waals surface area (Å²) in [6.07, 6.45) is 0. The zero-order chi connectivity index (χ0) is 12.5. The van der Waals surface area contributed by atoms with Gasteiger partial charge in [-0.2, -0.15) is 0 Å². The molecule has 0 fully saturated rings. The smallest absolute Gasteiger partial charge is 0.254 e. The van der Waals surface area contributed by atoms with Gasteiger partial charge in [-0.1, -0.05) is 0 Å². The van der Waals surface area contributed by atoms with Crippen molar-refractivity contribution in [3.63, 3.8) is 0 Å². The maximum Gasteiger partial charge on any atom is 0.254 e. The van der Waals surface area contributed by atoms with Gasteiger partial charge in [0.05, 0.1) is 5.56 Å². The number of nitrogens with two attached hydrogens (primary N) is 1. The van der Waals surface area contributed by atoms with Gasteiger partial charge in [0.1, 0.15) is 16.5 Å². The summed E-state index contributed by atoms with van der Waals surface area (Å²) in [6, 6.07) is 0.850. The van der Waals surface area contributed by atoms with Crippen molar-refractivity contribution in [3.05, 3.63) is 29.3 Å². The van der Waals surface area contributed by atoms with Crippen molar-refractivity contribution in [1.82, 2.24) is 5.32 Å². The third kappa shape index (κ3) is 2.34. The van der Waals surface area contributed by atoms with E-state index in [4.69, 9.17) is 5.14 Å². The van der Waals surface area contributed by atoms with Crippen LogP contribution in [0.4, 0.5) is 8.78 Å². The summed E-state index contributed by atoms with van der Waals surface area (Å²) in [7, 11) is -3.11. The van der Waals surface area contributed by atoms with Crippen LogP contribution in [0.2, 0.25) is 0 Å². The molecule has 1 aromatic rings. The van der Waals surface area contributed by atoms with E-state index in [0.29, 0.717) is 12.1 Å². The zero-order valence-corrected chi connectivity index (χ0v) is 8.94. The molecule has 5 nitrogen and oxygen atoms in total. The van der Waals surface area contributed by atoms with E-state index in [1.54, 1.807) is 0 Å². The highest BCUT2D eigenvalue weighted by molar-refractivity contribution is 7.89. The first-order valence-corrected chi connectivity index (χ1v) is 5.56. The highest BCUT2D eigenvalue weighted by atomic mass is 32.2. The summed E-state index contributed by atoms with van der Waals surface area (Å²) in [5.41, 5.74) is -0.590. The Morgan fingerprint density at radius 1 is 1.31 bits per heavy atom. The van der Waals surface area contributed by atoms with Gasteiger partial charge in [-0.25, -0.2) is 22.3 Å². The first kappa shape index (κ1) is 12.5. The maximum absolute atomic E-state index is 13.1. The maximum atomic E-state index is 13.1. The summed E-state index contributed by atoms with van der Waals surface area (Å²) in [6.45, 7) is 0. The minimum atomic E-state index is -4.34. The first-order valence-electron chi connectivity index (χ1n) is 4.01. The molecule has 0 atom stereocenters. The molecular formula is C8H8F2N2O3S. The molecule has 16 heavy (non-hydrogen) atoms. The highest BCUT2D eigenvalue weighted by Crippen LogP contribution is 2.18. The second-order valence-electron chi connectivity index (χ2n) is 2.89. The van der Waals surface area contributed by atoms with Crippen LogP contribution in [0.5, 0.6) is 0 Å². The fraction of sp³-hybridized carbons (Fsp3) is 0.125. The van der Waals surface area contributed by atoms with Crippen LogP contribution in [0.15, 0.2) is 17.0 Å². The molecule has 3 N–H and O–H groups in total. The van der Waals surface area contributed by atoms with Crippen LogP contribution in [-0.4, -0.2) is 21.4 Å². The summed E-state index contributed by atoms with van der Waals surface area (Å²) in [5.74, 6) is -3.38. The number of carbonyl (C=O) groups excluding carboxylic acids is 1. The lowest BCUT2D eigenvalue weighted by molar-refractivity contribution is 0.0958. The number of sulfonamides is 1. The van der Waals surface area contributed by atoms with Crippen molar-refractivity contribution >= 4 is 15.9 Å². The number of hydrogen-bond donors (Lipinski definition) is 2. The van der Waals surface area contributed by atoms with Gasteiger partial charge in [0, 0.05) is 13.1 Å². The van der Waals surface area contributed by atoms with Crippen LogP contribution < -0.4 is 10.5 Å². The molecule has 0 bridgehead atoms. The summed E-state index contributed by atoms with van der Waals surface area (Å²) in [5, 5.41) is 6.78. The lowest BCUT2D eigenvalue weighted by Gasteiger charge is -2.05. The second-order valence-corrected chi connectivity index (χ2v) is 4.42. The molecule has 88 valence electrons. The summed E-state index contributed by atoms with van der Waals surface area (Å²) >= 11 is 0. The molecule has 1 rings (SSSR count). The number of halogens is 2. The standard InChI is InChI=1S/C8H8F2N2O3S/c1-12-8(13)4-2-7(16(11,14)15)6(10)3-5(4)9/h2-3H,1H3,(H,12,13)(H2,11,14,15). The molecule has 0 aromatic heterocycles. The fourth-order valence-electron chi connectivity index (χ4n) is 1.06. The van der Waals surface area contributed by atoms with E-state index in [1.807, 2.05) is 0 Å². The van der Waals surface area contributed by atoms with Crippen molar-refractivity contribution in [2.24, 2.45) is 5.14 Å². The molecule has 0 unspecified atom stereocenters. The number of hydrogen-bond acceptors (Lipinski definition) is 3. The third-order valence-electron chi connectivity index (χ3n) is 1.80. The molecule has 0 heterocycles. The van der Waals surface area contributed by atoms with Gasteiger partial charge in [0.2, 0.25) is 10.0 Å². The molecular weight excluding hydrogens is 242 g/mol. The van der Waals surface area contributed by atoms with E-state index in [2.05, 4.69) is 5.32 Å². The zero-order valence-electron chi connectivity index (χ0n) is 8.12. The Hall–Kier alpha value is -1.54. The molecule has 0 saturated carbocycles. The normalized spacial score (nSPS) is 11.2. The molecule has 0 aliphatic rings. The Morgan fingerprint density at radius 2 is 1.88 bits per heavy atom. The Labute approximate surface area is 90.3 Å². The van der Waals surface area contributed by atoms with E-state index < -0.39 is 38.0 Å². The SMILES string of the molecule is CNC(=O)c1cc(S(N)(=O)=O)c(F)cc1F. The highest BCUT2D eigenvalue weighted by Gasteiger charge is 2.20. The van der Waals surface area contributed by atoms with Crippen molar-refractivity contribution in [2.45, 2.75) is 4.90 Å². The van der Waals surface area contributed by atoms with E-state index in [9.17, 15) is 22.0 Å². The molecule has 1 amide bonds. The lowest BCUT2D eigenvalue weighted by Crippen LogP contribution is -2.21. The van der Waals surface area contributed by atoms with Gasteiger partial charge in [0.15, 0.2) is 0 Å². The predicted octanol–water partition coefficient (Wildman–Crippen LogP) is -0.0282. The number of benzene rings is 1. The Morgan fingerprint density at radius 3 is 2.31 bits per heavy atom. The fourth-order valence-corrected chi connectivity index (χ4v) is 1.67. The van der Waals surface area contributed by atoms with Crippen LogP contribution in [0.1, 0.15) is 10.4 Å². The van der Waals surface area contributed by atoms with Gasteiger partial charge in [-0.3, -0.25) is 4.79 Å². The summed E-state index contributed by atoms with van der Waals surface area (Å²) < 4.78 is 48.0. The average Bonchev–Trinajstić information content (AvgIpc) is 2.14. The average molecular weight is 250 g/mol. The number of carbonyl (C=O) groups is 1. The van der Waals surface area contributed by atoms with Crippen molar-refractivity contribution in [3.8, 4) is 0 Å². The molecule has 0 radical (unpaired) electrons. The topological polar surface area (TPSA) is 89.3 Å². The van der Waals surface area contributed by atoms with Crippen molar-refractivity contribution in [2.75, 3.05) is 7.05 Å². The largest absolute Gasteiger partial charge is 0.355 e. The monoisotopic (exact) mass is 250 g/mol. The minimum absolute atomic E-state index is 0.296.